The number of carbonyl (C=O) groups is 1. The van der Waals surface area contributed by atoms with Gasteiger partial charge < -0.3 is 28.5 Å². The molecule has 0 spiro atoms. The van der Waals surface area contributed by atoms with Crippen molar-refractivity contribution in [3.63, 3.8) is 0 Å². The summed E-state index contributed by atoms with van der Waals surface area (Å²) in [4.78, 5) is 13.6. The lowest BCUT2D eigenvalue weighted by Gasteiger charge is -2.46. The van der Waals surface area contributed by atoms with E-state index in [1.165, 1.54) is 0 Å². The summed E-state index contributed by atoms with van der Waals surface area (Å²) in [6, 6.07) is 9.94. The van der Waals surface area contributed by atoms with Gasteiger partial charge in [-0.1, -0.05) is 85.4 Å². The Morgan fingerprint density at radius 3 is 2.24 bits per heavy atom. The van der Waals surface area contributed by atoms with E-state index in [2.05, 4.69) is 61.2 Å². The van der Waals surface area contributed by atoms with Gasteiger partial charge in [0.1, 0.15) is 11.9 Å². The van der Waals surface area contributed by atoms with Crippen molar-refractivity contribution in [3.8, 4) is 0 Å². The molecule has 1 saturated heterocycles. The number of benzene rings is 1. The van der Waals surface area contributed by atoms with Gasteiger partial charge in [-0.25, -0.2) is 0 Å². The number of methoxy groups -OCH3 is 1. The lowest BCUT2D eigenvalue weighted by atomic mass is 9.82. The second-order valence-corrected chi connectivity index (χ2v) is 19.1. The summed E-state index contributed by atoms with van der Waals surface area (Å²) in [5, 5.41) is 11.5. The molecule has 8 heteroatoms. The molecule has 2 rings (SSSR count). The Morgan fingerprint density at radius 2 is 1.71 bits per heavy atom. The number of ether oxygens (including phenoxy) is 4. The van der Waals surface area contributed by atoms with Crippen LogP contribution in [0.25, 0.3) is 0 Å². The van der Waals surface area contributed by atoms with Crippen LogP contribution < -0.4 is 0 Å². The SMILES string of the molecule is C=C([C@@H](O)[C@H](C)C(=O)C[C@H]1OC(C)(C)O[C@H](C(C)C)[C@H]1C)[C@@H](O[Si](C)(C)C(C)(C)C)[C@H](COCc1ccccc1)OC. The Kier molecular flexibility index (Phi) is 13.2. The van der Waals surface area contributed by atoms with Crippen LogP contribution in [0.15, 0.2) is 42.5 Å². The largest absolute Gasteiger partial charge is 0.407 e. The minimum atomic E-state index is -2.33. The minimum Gasteiger partial charge on any atom is -0.407 e. The van der Waals surface area contributed by atoms with Crippen LogP contribution in [0.5, 0.6) is 0 Å². The van der Waals surface area contributed by atoms with Crippen LogP contribution in [0.3, 0.4) is 0 Å². The van der Waals surface area contributed by atoms with Gasteiger partial charge in [0.2, 0.25) is 0 Å². The highest BCUT2D eigenvalue weighted by atomic mass is 28.4. The second kappa shape index (κ2) is 15.1. The summed E-state index contributed by atoms with van der Waals surface area (Å²) < 4.78 is 31.2. The molecule has 1 aromatic carbocycles. The highest BCUT2D eigenvalue weighted by Crippen LogP contribution is 2.40. The number of ketones is 1. The molecule has 7 atom stereocenters. The quantitative estimate of drug-likeness (QED) is 0.171. The summed E-state index contributed by atoms with van der Waals surface area (Å²) >= 11 is 0. The smallest absolute Gasteiger partial charge is 0.193 e. The number of hydrogen-bond donors (Lipinski definition) is 1. The molecule has 1 N–H and O–H groups in total. The van der Waals surface area contributed by atoms with Crippen LogP contribution in [-0.4, -0.2) is 69.2 Å². The number of Topliss-reactive ketones (excluding diaryl/α,β-unsaturated/α-hetero) is 1. The standard InChI is InChI=1S/C34H58O7Si/c1-22(2)31-24(4)28(39-34(9,10)40-31)19-27(35)23(3)30(36)25(5)32(41-42(12,13)33(6,7)8)29(37-11)21-38-20-26-17-15-14-16-18-26/h14-18,22-24,28-32,36H,5,19-21H2,1-4,6-13H3/t23-,24+,28-,29+,30+,31-,32-/m1/s1. The fourth-order valence-electron chi connectivity index (χ4n) is 5.20. The molecule has 1 fully saturated rings. The van der Waals surface area contributed by atoms with E-state index < -0.39 is 38.3 Å². The summed E-state index contributed by atoms with van der Waals surface area (Å²) in [6.07, 6.45) is -2.44. The molecule has 0 unspecified atom stereocenters. The van der Waals surface area contributed by atoms with Crippen molar-refractivity contribution in [1.82, 2.24) is 0 Å². The first kappa shape index (κ1) is 36.8. The zero-order valence-electron chi connectivity index (χ0n) is 28.2. The Bertz CT molecular complexity index is 1000. The number of aliphatic hydroxyl groups is 1. The van der Waals surface area contributed by atoms with Gasteiger partial charge in [0, 0.05) is 25.4 Å². The van der Waals surface area contributed by atoms with Gasteiger partial charge in [0.05, 0.1) is 37.6 Å². The molecule has 240 valence electrons. The highest BCUT2D eigenvalue weighted by molar-refractivity contribution is 6.74. The van der Waals surface area contributed by atoms with Crippen LogP contribution in [0.1, 0.15) is 74.3 Å². The van der Waals surface area contributed by atoms with Crippen LogP contribution in [0, 0.1) is 17.8 Å². The lowest BCUT2D eigenvalue weighted by molar-refractivity contribution is -0.325. The van der Waals surface area contributed by atoms with Crippen molar-refractivity contribution in [1.29, 1.82) is 0 Å². The topological polar surface area (TPSA) is 83.5 Å². The zero-order chi connectivity index (χ0) is 32.0. The van der Waals surface area contributed by atoms with Gasteiger partial charge in [-0.3, -0.25) is 4.79 Å². The summed E-state index contributed by atoms with van der Waals surface area (Å²) in [6.45, 7) is 27.6. The van der Waals surface area contributed by atoms with Crippen molar-refractivity contribution < 1.29 is 33.3 Å². The molecule has 0 aliphatic carbocycles. The first-order chi connectivity index (χ1) is 19.3. The van der Waals surface area contributed by atoms with Gasteiger partial charge in [-0.15, -0.1) is 0 Å². The van der Waals surface area contributed by atoms with Crippen molar-refractivity contribution in [2.45, 2.75) is 130 Å². The number of aliphatic hydroxyl groups excluding tert-OH is 1. The third kappa shape index (κ3) is 9.81. The molecular weight excluding hydrogens is 548 g/mol. The van der Waals surface area contributed by atoms with Gasteiger partial charge in [0.15, 0.2) is 14.1 Å². The minimum absolute atomic E-state index is 0.0255. The van der Waals surface area contributed by atoms with E-state index in [0.29, 0.717) is 12.2 Å². The van der Waals surface area contributed by atoms with Crippen LogP contribution >= 0.6 is 0 Å². The maximum Gasteiger partial charge on any atom is 0.193 e. The van der Waals surface area contributed by atoms with Crippen molar-refractivity contribution in [2.24, 2.45) is 17.8 Å². The predicted octanol–water partition coefficient (Wildman–Crippen LogP) is 6.93. The van der Waals surface area contributed by atoms with E-state index in [1.807, 2.05) is 44.2 Å². The molecule has 0 aromatic heterocycles. The summed E-state index contributed by atoms with van der Waals surface area (Å²) in [5.74, 6) is -1.26. The molecule has 7 nitrogen and oxygen atoms in total. The predicted molar refractivity (Wildman–Crippen MR) is 171 cm³/mol. The van der Waals surface area contributed by atoms with Crippen molar-refractivity contribution in [3.05, 3.63) is 48.0 Å². The Balaban J connectivity index is 2.23. The molecule has 1 heterocycles. The first-order valence-electron chi connectivity index (χ1n) is 15.4. The van der Waals surface area contributed by atoms with Gasteiger partial charge in [-0.05, 0) is 49.0 Å². The van der Waals surface area contributed by atoms with Crippen LogP contribution in [0.2, 0.25) is 18.1 Å². The molecule has 1 aliphatic rings. The molecule has 0 bridgehead atoms. The average Bonchev–Trinajstić information content (AvgIpc) is 2.90. The lowest BCUT2D eigenvalue weighted by Crippen LogP contribution is -2.53. The molecule has 1 aliphatic heterocycles. The Hall–Kier alpha value is -1.39. The Labute approximate surface area is 256 Å². The molecule has 1 aromatic rings. The maximum atomic E-state index is 13.6. The fourth-order valence-corrected chi connectivity index (χ4v) is 6.49. The van der Waals surface area contributed by atoms with E-state index in [-0.39, 0.29) is 47.9 Å². The number of hydrogen-bond acceptors (Lipinski definition) is 7. The summed E-state index contributed by atoms with van der Waals surface area (Å²) in [5.41, 5.74) is 1.48. The van der Waals surface area contributed by atoms with Gasteiger partial charge in [-0.2, -0.15) is 0 Å². The molecule has 0 amide bonds. The Morgan fingerprint density at radius 1 is 1.12 bits per heavy atom. The fraction of sp³-hybridized carbons (Fsp3) is 0.735. The van der Waals surface area contributed by atoms with Crippen molar-refractivity contribution in [2.75, 3.05) is 13.7 Å². The average molecular weight is 607 g/mol. The summed E-state index contributed by atoms with van der Waals surface area (Å²) in [7, 11) is -0.711. The van der Waals surface area contributed by atoms with Gasteiger partial charge in [0.25, 0.3) is 0 Å². The molecule has 0 saturated carbocycles. The van der Waals surface area contributed by atoms with E-state index in [1.54, 1.807) is 14.0 Å². The maximum absolute atomic E-state index is 13.6. The second-order valence-electron chi connectivity index (χ2n) is 14.3. The zero-order valence-corrected chi connectivity index (χ0v) is 29.2. The van der Waals surface area contributed by atoms with E-state index >= 15 is 0 Å². The van der Waals surface area contributed by atoms with E-state index in [9.17, 15) is 9.90 Å². The van der Waals surface area contributed by atoms with E-state index in [0.717, 1.165) is 5.56 Å². The third-order valence-electron chi connectivity index (χ3n) is 9.01. The van der Waals surface area contributed by atoms with Gasteiger partial charge >= 0.3 is 0 Å². The highest BCUT2D eigenvalue weighted by Gasteiger charge is 2.45. The number of rotatable bonds is 15. The number of carbonyl (C=O) groups excluding carboxylic acids is 1. The molecular formula is C34H58O7Si. The first-order valence-corrected chi connectivity index (χ1v) is 18.3. The van der Waals surface area contributed by atoms with Crippen LogP contribution in [-0.2, 0) is 34.8 Å². The third-order valence-corrected chi connectivity index (χ3v) is 13.5. The molecule has 42 heavy (non-hydrogen) atoms. The van der Waals surface area contributed by atoms with E-state index in [4.69, 9.17) is 23.4 Å². The van der Waals surface area contributed by atoms with Crippen molar-refractivity contribution >= 4 is 14.1 Å². The van der Waals surface area contributed by atoms with Crippen LogP contribution in [0.4, 0.5) is 0 Å². The normalized spacial score (nSPS) is 24.2. The molecule has 0 radical (unpaired) electrons. The monoisotopic (exact) mass is 606 g/mol.